The van der Waals surface area contributed by atoms with Gasteiger partial charge in [-0.3, -0.25) is 4.90 Å². The maximum Gasteiger partial charge on any atom is 0.162 e. The number of ether oxygens (including phenoxy) is 3. The van der Waals surface area contributed by atoms with E-state index in [1.165, 1.54) is 41.6 Å². The van der Waals surface area contributed by atoms with Crippen molar-refractivity contribution in [1.29, 1.82) is 0 Å². The molecule has 0 bridgehead atoms. The number of fused-ring (bicyclic) bond motifs is 2. The molecule has 1 aromatic heterocycles. The fourth-order valence-corrected chi connectivity index (χ4v) is 4.95. The van der Waals surface area contributed by atoms with Gasteiger partial charge in [-0.2, -0.15) is 0 Å². The van der Waals surface area contributed by atoms with Gasteiger partial charge in [-0.1, -0.05) is 6.07 Å². The SMILES string of the molecule is COc1cc2[nH]cc(CCCCN3CCN(c4ccc5c(c4)OCC5)CC3)c2cc1OC. The van der Waals surface area contributed by atoms with E-state index in [9.17, 15) is 0 Å². The molecule has 6 nitrogen and oxygen atoms in total. The molecule has 0 saturated carbocycles. The Morgan fingerprint density at radius 1 is 0.969 bits per heavy atom. The van der Waals surface area contributed by atoms with Crippen LogP contribution in [0.2, 0.25) is 0 Å². The molecular formula is C26H33N3O3. The quantitative estimate of drug-likeness (QED) is 0.536. The van der Waals surface area contributed by atoms with Crippen LogP contribution in [0, 0.1) is 0 Å². The van der Waals surface area contributed by atoms with Crippen LogP contribution < -0.4 is 19.1 Å². The zero-order valence-corrected chi connectivity index (χ0v) is 19.2. The van der Waals surface area contributed by atoms with Gasteiger partial charge in [0.2, 0.25) is 0 Å². The molecule has 0 aliphatic carbocycles. The molecule has 3 aromatic rings. The van der Waals surface area contributed by atoms with E-state index in [0.29, 0.717) is 0 Å². The molecule has 1 N–H and O–H groups in total. The molecule has 1 saturated heterocycles. The Labute approximate surface area is 190 Å². The van der Waals surface area contributed by atoms with Crippen LogP contribution in [0.5, 0.6) is 17.2 Å². The van der Waals surface area contributed by atoms with E-state index in [-0.39, 0.29) is 0 Å². The smallest absolute Gasteiger partial charge is 0.162 e. The van der Waals surface area contributed by atoms with Crippen LogP contribution in [0.4, 0.5) is 5.69 Å². The second kappa shape index (κ2) is 9.33. The number of hydrogen-bond donors (Lipinski definition) is 1. The topological polar surface area (TPSA) is 50.0 Å². The molecule has 170 valence electrons. The van der Waals surface area contributed by atoms with Crippen molar-refractivity contribution in [2.75, 3.05) is 58.5 Å². The van der Waals surface area contributed by atoms with Crippen molar-refractivity contribution in [2.24, 2.45) is 0 Å². The first-order valence-corrected chi connectivity index (χ1v) is 11.7. The summed E-state index contributed by atoms with van der Waals surface area (Å²) in [5, 5.41) is 1.23. The van der Waals surface area contributed by atoms with Gasteiger partial charge >= 0.3 is 0 Å². The number of aryl methyl sites for hydroxylation is 1. The fourth-order valence-electron chi connectivity index (χ4n) is 4.95. The highest BCUT2D eigenvalue weighted by Crippen LogP contribution is 2.34. The first-order chi connectivity index (χ1) is 15.7. The van der Waals surface area contributed by atoms with Crippen molar-refractivity contribution in [1.82, 2.24) is 9.88 Å². The van der Waals surface area contributed by atoms with Crippen LogP contribution in [0.1, 0.15) is 24.0 Å². The molecule has 0 spiro atoms. The Balaban J connectivity index is 1.09. The second-order valence-corrected chi connectivity index (χ2v) is 8.74. The standard InChI is InChI=1S/C26H33N3O3/c1-30-25-16-22-20(18-27-23(22)17-26(25)31-2)5-3-4-9-28-10-12-29(13-11-28)21-7-6-19-8-14-32-24(19)15-21/h6-7,15-18,27H,3-5,8-14H2,1-2H3. The molecule has 5 rings (SSSR count). The lowest BCUT2D eigenvalue weighted by Crippen LogP contribution is -2.46. The van der Waals surface area contributed by atoms with Crippen LogP contribution in [0.3, 0.4) is 0 Å². The number of nitrogens with one attached hydrogen (secondary N) is 1. The predicted octanol–water partition coefficient (Wildman–Crippen LogP) is 4.26. The number of hydrogen-bond acceptors (Lipinski definition) is 5. The molecule has 0 atom stereocenters. The maximum atomic E-state index is 5.75. The highest BCUT2D eigenvalue weighted by molar-refractivity contribution is 5.86. The second-order valence-electron chi connectivity index (χ2n) is 8.74. The number of rotatable bonds is 8. The minimum atomic E-state index is 0.764. The maximum absolute atomic E-state index is 5.75. The molecule has 0 amide bonds. The zero-order valence-electron chi connectivity index (χ0n) is 19.2. The van der Waals surface area contributed by atoms with Crippen LogP contribution >= 0.6 is 0 Å². The molecule has 2 aliphatic heterocycles. The van der Waals surface area contributed by atoms with Gasteiger partial charge in [-0.15, -0.1) is 0 Å². The van der Waals surface area contributed by atoms with E-state index < -0.39 is 0 Å². The van der Waals surface area contributed by atoms with Gasteiger partial charge in [0, 0.05) is 67.5 Å². The molecule has 2 aromatic carbocycles. The summed E-state index contributed by atoms with van der Waals surface area (Å²) in [4.78, 5) is 8.47. The fraction of sp³-hybridized carbons (Fsp3) is 0.462. The van der Waals surface area contributed by atoms with Gasteiger partial charge in [0.15, 0.2) is 11.5 Å². The van der Waals surface area contributed by atoms with E-state index in [0.717, 1.165) is 68.4 Å². The number of benzene rings is 2. The Morgan fingerprint density at radius 3 is 2.59 bits per heavy atom. The van der Waals surface area contributed by atoms with E-state index >= 15 is 0 Å². The molecule has 0 unspecified atom stereocenters. The van der Waals surface area contributed by atoms with Crippen LogP contribution in [0.15, 0.2) is 36.5 Å². The van der Waals surface area contributed by atoms with Crippen LogP contribution in [-0.4, -0.2) is 63.4 Å². The third kappa shape index (κ3) is 4.24. The minimum absolute atomic E-state index is 0.764. The van der Waals surface area contributed by atoms with E-state index in [1.807, 2.05) is 6.07 Å². The summed E-state index contributed by atoms with van der Waals surface area (Å²) < 4.78 is 16.6. The van der Waals surface area contributed by atoms with Gasteiger partial charge in [0.25, 0.3) is 0 Å². The number of unbranched alkanes of at least 4 members (excludes halogenated alkanes) is 1. The number of aromatic amines is 1. The summed E-state index contributed by atoms with van der Waals surface area (Å²) in [5.41, 5.74) is 5.10. The number of nitrogens with zero attached hydrogens (tertiary/aromatic N) is 2. The summed E-state index contributed by atoms with van der Waals surface area (Å²) in [7, 11) is 3.36. The number of piperazine rings is 1. The lowest BCUT2D eigenvalue weighted by molar-refractivity contribution is 0.253. The number of methoxy groups -OCH3 is 2. The minimum Gasteiger partial charge on any atom is -0.493 e. The summed E-state index contributed by atoms with van der Waals surface area (Å²) in [6, 6.07) is 10.8. The largest absolute Gasteiger partial charge is 0.493 e. The van der Waals surface area contributed by atoms with Crippen molar-refractivity contribution in [3.05, 3.63) is 47.7 Å². The van der Waals surface area contributed by atoms with Crippen molar-refractivity contribution >= 4 is 16.6 Å². The zero-order chi connectivity index (χ0) is 21.9. The Hall–Kier alpha value is -2.86. The molecular weight excluding hydrogens is 402 g/mol. The van der Waals surface area contributed by atoms with Crippen molar-refractivity contribution in [3.8, 4) is 17.2 Å². The van der Waals surface area contributed by atoms with Crippen molar-refractivity contribution < 1.29 is 14.2 Å². The predicted molar refractivity (Wildman–Crippen MR) is 129 cm³/mol. The van der Waals surface area contributed by atoms with E-state index in [4.69, 9.17) is 14.2 Å². The molecule has 3 heterocycles. The molecule has 32 heavy (non-hydrogen) atoms. The van der Waals surface area contributed by atoms with Gasteiger partial charge in [0.05, 0.1) is 20.8 Å². The van der Waals surface area contributed by atoms with Crippen molar-refractivity contribution in [3.63, 3.8) is 0 Å². The average molecular weight is 436 g/mol. The molecule has 1 fully saturated rings. The van der Waals surface area contributed by atoms with Gasteiger partial charge in [-0.25, -0.2) is 0 Å². The molecule has 2 aliphatic rings. The first kappa shape index (κ1) is 21.0. The first-order valence-electron chi connectivity index (χ1n) is 11.7. The highest BCUT2D eigenvalue weighted by Gasteiger charge is 2.19. The summed E-state index contributed by atoms with van der Waals surface area (Å²) >= 11 is 0. The summed E-state index contributed by atoms with van der Waals surface area (Å²) in [6.07, 6.45) is 6.65. The highest BCUT2D eigenvalue weighted by atomic mass is 16.5. The van der Waals surface area contributed by atoms with Gasteiger partial charge < -0.3 is 24.1 Å². The molecule has 0 radical (unpaired) electrons. The third-order valence-corrected chi connectivity index (χ3v) is 6.86. The molecule has 6 heteroatoms. The van der Waals surface area contributed by atoms with Gasteiger partial charge in [-0.05, 0) is 49.1 Å². The number of aromatic nitrogens is 1. The Bertz CT molecular complexity index is 1070. The number of H-pyrrole nitrogens is 1. The summed E-state index contributed by atoms with van der Waals surface area (Å²) in [5.74, 6) is 2.63. The normalized spacial score (nSPS) is 16.2. The lowest BCUT2D eigenvalue weighted by atomic mass is 10.1. The van der Waals surface area contributed by atoms with Gasteiger partial charge in [0.1, 0.15) is 5.75 Å². The lowest BCUT2D eigenvalue weighted by Gasteiger charge is -2.36. The average Bonchev–Trinajstić information content (AvgIpc) is 3.47. The van der Waals surface area contributed by atoms with E-state index in [1.54, 1.807) is 14.2 Å². The van der Waals surface area contributed by atoms with E-state index in [2.05, 4.69) is 45.2 Å². The Kier molecular flexibility index (Phi) is 6.12. The Morgan fingerprint density at radius 2 is 1.78 bits per heavy atom. The third-order valence-electron chi connectivity index (χ3n) is 6.86. The van der Waals surface area contributed by atoms with Crippen LogP contribution in [-0.2, 0) is 12.8 Å². The van der Waals surface area contributed by atoms with Crippen LogP contribution in [0.25, 0.3) is 10.9 Å². The number of anilines is 1. The monoisotopic (exact) mass is 435 g/mol. The van der Waals surface area contributed by atoms with Crippen molar-refractivity contribution in [2.45, 2.75) is 25.7 Å². The summed E-state index contributed by atoms with van der Waals surface area (Å²) in [6.45, 7) is 6.42.